The van der Waals surface area contributed by atoms with Crippen LogP contribution in [0.1, 0.15) is 24.8 Å². The number of likely N-dealkylation sites (N-methyl/N-ethyl adjacent to an activating group) is 1. The molecule has 4 heteroatoms. The van der Waals surface area contributed by atoms with Crippen molar-refractivity contribution in [3.05, 3.63) is 35.9 Å². The largest absolute Gasteiger partial charge is 0.305 e. The second-order valence-electron chi connectivity index (χ2n) is 4.94. The van der Waals surface area contributed by atoms with Gasteiger partial charge in [0.05, 0.1) is 12.5 Å². The number of hydrogen-bond donors (Lipinski definition) is 1. The van der Waals surface area contributed by atoms with Crippen LogP contribution in [0.5, 0.6) is 0 Å². The Morgan fingerprint density at radius 1 is 1.21 bits per heavy atom. The zero-order chi connectivity index (χ0) is 13.7. The summed E-state index contributed by atoms with van der Waals surface area (Å²) >= 11 is 0. The normalized spacial score (nSPS) is 19.2. The molecule has 1 heterocycles. The molecule has 1 saturated heterocycles. The van der Waals surface area contributed by atoms with Gasteiger partial charge in [-0.15, -0.1) is 0 Å². The van der Waals surface area contributed by atoms with Crippen LogP contribution in [0, 0.1) is 0 Å². The first-order chi connectivity index (χ1) is 9.18. The summed E-state index contributed by atoms with van der Waals surface area (Å²) in [6.07, 6.45) is 3.45. The number of likely N-dealkylation sites (tertiary alicyclic amines) is 1. The van der Waals surface area contributed by atoms with Gasteiger partial charge in [0.15, 0.2) is 0 Å². The average molecular weight is 260 g/mol. The van der Waals surface area contributed by atoms with E-state index in [9.17, 15) is 9.59 Å². The topological polar surface area (TPSA) is 49.4 Å². The summed E-state index contributed by atoms with van der Waals surface area (Å²) in [6, 6.07) is 10.1. The maximum Gasteiger partial charge on any atom is 0.246 e. The van der Waals surface area contributed by atoms with Crippen molar-refractivity contribution in [2.75, 3.05) is 13.6 Å². The third-order valence-electron chi connectivity index (χ3n) is 3.51. The summed E-state index contributed by atoms with van der Waals surface area (Å²) in [4.78, 5) is 24.2. The van der Waals surface area contributed by atoms with Gasteiger partial charge in [0.2, 0.25) is 11.8 Å². The molecule has 1 N–H and O–H groups in total. The number of carbonyl (C=O) groups is 2. The lowest BCUT2D eigenvalue weighted by molar-refractivity contribution is -0.137. The maximum absolute atomic E-state index is 11.6. The van der Waals surface area contributed by atoms with Crippen LogP contribution in [0.15, 0.2) is 30.3 Å². The molecule has 1 aliphatic rings. The van der Waals surface area contributed by atoms with E-state index < -0.39 is 0 Å². The maximum atomic E-state index is 11.6. The molecular formula is C15H20N2O2. The van der Waals surface area contributed by atoms with Gasteiger partial charge >= 0.3 is 0 Å². The van der Waals surface area contributed by atoms with Crippen molar-refractivity contribution in [2.45, 2.75) is 31.7 Å². The first kappa shape index (κ1) is 13.7. The minimum Gasteiger partial charge on any atom is -0.305 e. The summed E-state index contributed by atoms with van der Waals surface area (Å²) in [7, 11) is 1.54. The van der Waals surface area contributed by atoms with E-state index in [1.54, 1.807) is 7.05 Å². The van der Waals surface area contributed by atoms with Gasteiger partial charge in [-0.05, 0) is 31.4 Å². The van der Waals surface area contributed by atoms with Crippen molar-refractivity contribution in [3.8, 4) is 0 Å². The molecule has 4 nitrogen and oxygen atoms in total. The molecule has 0 aromatic heterocycles. The van der Waals surface area contributed by atoms with Gasteiger partial charge in [-0.25, -0.2) is 0 Å². The number of aryl methyl sites for hydroxylation is 1. The molecule has 0 aliphatic carbocycles. The number of rotatable bonds is 6. The van der Waals surface area contributed by atoms with Crippen molar-refractivity contribution in [1.82, 2.24) is 10.2 Å². The SMILES string of the molecule is CN1C(=O)CC(NCCCCc2ccccc2)C1=O. The number of unbranched alkanes of at least 4 members (excludes halogenated alkanes) is 1. The Morgan fingerprint density at radius 2 is 1.95 bits per heavy atom. The second-order valence-corrected chi connectivity index (χ2v) is 4.94. The van der Waals surface area contributed by atoms with E-state index in [0.29, 0.717) is 6.42 Å². The molecule has 0 radical (unpaired) electrons. The number of imide groups is 1. The summed E-state index contributed by atoms with van der Waals surface area (Å²) in [5, 5.41) is 3.17. The van der Waals surface area contributed by atoms with Crippen LogP contribution >= 0.6 is 0 Å². The Morgan fingerprint density at radius 3 is 2.58 bits per heavy atom. The van der Waals surface area contributed by atoms with Crippen molar-refractivity contribution in [1.29, 1.82) is 0 Å². The Balaban J connectivity index is 1.63. The van der Waals surface area contributed by atoms with Gasteiger partial charge in [0.1, 0.15) is 0 Å². The predicted octanol–water partition coefficient (Wildman–Crippen LogP) is 1.36. The Hall–Kier alpha value is -1.68. The van der Waals surface area contributed by atoms with Gasteiger partial charge in [-0.1, -0.05) is 30.3 Å². The van der Waals surface area contributed by atoms with Crippen molar-refractivity contribution < 1.29 is 9.59 Å². The van der Waals surface area contributed by atoms with Gasteiger partial charge in [-0.2, -0.15) is 0 Å². The van der Waals surface area contributed by atoms with Crippen molar-refractivity contribution in [3.63, 3.8) is 0 Å². The third-order valence-corrected chi connectivity index (χ3v) is 3.51. The lowest BCUT2D eigenvalue weighted by Crippen LogP contribution is -2.37. The van der Waals surface area contributed by atoms with Crippen LogP contribution in [0.25, 0.3) is 0 Å². The van der Waals surface area contributed by atoms with Crippen LogP contribution in [0.3, 0.4) is 0 Å². The van der Waals surface area contributed by atoms with Gasteiger partial charge in [0, 0.05) is 7.05 Å². The Kier molecular flexibility index (Phi) is 4.68. The quantitative estimate of drug-likeness (QED) is 0.620. The number of nitrogens with zero attached hydrogens (tertiary/aromatic N) is 1. The molecule has 1 atom stereocenters. The highest BCUT2D eigenvalue weighted by Gasteiger charge is 2.35. The molecule has 1 unspecified atom stereocenters. The predicted molar refractivity (Wildman–Crippen MR) is 73.6 cm³/mol. The highest BCUT2D eigenvalue weighted by atomic mass is 16.2. The summed E-state index contributed by atoms with van der Waals surface area (Å²) in [5.74, 6) is -0.195. The van der Waals surface area contributed by atoms with E-state index in [-0.39, 0.29) is 17.9 Å². The molecule has 1 aliphatic heterocycles. The fourth-order valence-corrected chi connectivity index (χ4v) is 2.29. The van der Waals surface area contributed by atoms with E-state index in [4.69, 9.17) is 0 Å². The summed E-state index contributed by atoms with van der Waals surface area (Å²) in [6.45, 7) is 0.782. The zero-order valence-electron chi connectivity index (χ0n) is 11.3. The van der Waals surface area contributed by atoms with Gasteiger partial charge in [-0.3, -0.25) is 14.5 Å². The van der Waals surface area contributed by atoms with Crippen LogP contribution in [0.2, 0.25) is 0 Å². The number of benzene rings is 1. The highest BCUT2D eigenvalue weighted by molar-refractivity contribution is 6.05. The standard InChI is InChI=1S/C15H20N2O2/c1-17-14(18)11-13(15(17)19)16-10-6-5-9-12-7-3-2-4-8-12/h2-4,7-8,13,16H,5-6,9-11H2,1H3. The minimum absolute atomic E-state index is 0.0909. The molecule has 0 spiro atoms. The Labute approximate surface area is 113 Å². The first-order valence-electron chi connectivity index (χ1n) is 6.76. The minimum atomic E-state index is -0.311. The van der Waals surface area contributed by atoms with E-state index in [1.807, 2.05) is 18.2 Å². The number of amides is 2. The molecule has 102 valence electrons. The van der Waals surface area contributed by atoms with Crippen molar-refractivity contribution in [2.24, 2.45) is 0 Å². The second kappa shape index (κ2) is 6.48. The highest BCUT2D eigenvalue weighted by Crippen LogP contribution is 2.10. The van der Waals surface area contributed by atoms with E-state index in [2.05, 4.69) is 17.4 Å². The van der Waals surface area contributed by atoms with Crippen molar-refractivity contribution >= 4 is 11.8 Å². The van der Waals surface area contributed by atoms with Gasteiger partial charge < -0.3 is 5.32 Å². The Bertz CT molecular complexity index is 445. The number of carbonyl (C=O) groups excluding carboxylic acids is 2. The smallest absolute Gasteiger partial charge is 0.246 e. The lowest BCUT2D eigenvalue weighted by Gasteiger charge is -2.10. The van der Waals surface area contributed by atoms with Crippen LogP contribution in [-0.4, -0.2) is 36.3 Å². The average Bonchev–Trinajstić information content (AvgIpc) is 2.67. The van der Waals surface area contributed by atoms with Gasteiger partial charge in [0.25, 0.3) is 0 Å². The molecule has 0 saturated carbocycles. The fraction of sp³-hybridized carbons (Fsp3) is 0.467. The van der Waals surface area contributed by atoms with Crippen LogP contribution in [-0.2, 0) is 16.0 Å². The van der Waals surface area contributed by atoms with Crippen LogP contribution < -0.4 is 5.32 Å². The summed E-state index contributed by atoms with van der Waals surface area (Å²) in [5.41, 5.74) is 1.34. The summed E-state index contributed by atoms with van der Waals surface area (Å²) < 4.78 is 0. The third kappa shape index (κ3) is 3.64. The monoisotopic (exact) mass is 260 g/mol. The molecule has 0 bridgehead atoms. The lowest BCUT2D eigenvalue weighted by atomic mass is 10.1. The molecule has 19 heavy (non-hydrogen) atoms. The number of hydrogen-bond acceptors (Lipinski definition) is 3. The molecular weight excluding hydrogens is 240 g/mol. The van der Waals surface area contributed by atoms with E-state index in [0.717, 1.165) is 25.8 Å². The zero-order valence-corrected chi connectivity index (χ0v) is 11.3. The van der Waals surface area contributed by atoms with Crippen LogP contribution in [0.4, 0.5) is 0 Å². The fourth-order valence-electron chi connectivity index (χ4n) is 2.29. The molecule has 1 fully saturated rings. The van der Waals surface area contributed by atoms with E-state index in [1.165, 1.54) is 10.5 Å². The van der Waals surface area contributed by atoms with E-state index >= 15 is 0 Å². The molecule has 2 amide bonds. The molecule has 1 aromatic carbocycles. The molecule has 1 aromatic rings. The first-order valence-corrected chi connectivity index (χ1v) is 6.76. The molecule has 2 rings (SSSR count). The number of nitrogens with one attached hydrogen (secondary N) is 1.